The molecule has 2 aromatic heterocycles. The van der Waals surface area contributed by atoms with Gasteiger partial charge in [0.15, 0.2) is 0 Å². The molecule has 2 rings (SSSR count). The number of nitriles is 1. The van der Waals surface area contributed by atoms with E-state index in [1.54, 1.807) is 18.5 Å². The number of rotatable bonds is 2. The molecule has 6 heteroatoms. The molecule has 16 heavy (non-hydrogen) atoms. The zero-order chi connectivity index (χ0) is 11.7. The average Bonchev–Trinajstić information content (AvgIpc) is 2.64. The van der Waals surface area contributed by atoms with E-state index in [0.29, 0.717) is 5.52 Å². The molecule has 0 aliphatic carbocycles. The molecule has 1 unspecified atom stereocenters. The molecule has 2 aromatic rings. The summed E-state index contributed by atoms with van der Waals surface area (Å²) in [6, 6.07) is 3.58. The van der Waals surface area contributed by atoms with Gasteiger partial charge in [0.2, 0.25) is 0 Å². The van der Waals surface area contributed by atoms with Gasteiger partial charge >= 0.3 is 0 Å². The summed E-state index contributed by atoms with van der Waals surface area (Å²) < 4.78 is 2.93. The summed E-state index contributed by atoms with van der Waals surface area (Å²) in [6.45, 7) is 1.99. The molecule has 0 amide bonds. The fourth-order valence-corrected chi connectivity index (χ4v) is 1.65. The quantitative estimate of drug-likeness (QED) is 0.729. The number of fused-ring (bicyclic) bond motifs is 1. The molecule has 0 N–H and O–H groups in total. The standard InChI is InChI=1S/C10H9ClN4O/c1-7-4-9-10(16)14(6-8(11)5-12)2-3-15(9)13-7/h2-4,8H,6H2,1H3. The minimum absolute atomic E-state index is 0.178. The van der Waals surface area contributed by atoms with Crippen LogP contribution in [0.4, 0.5) is 0 Å². The van der Waals surface area contributed by atoms with Gasteiger partial charge in [-0.1, -0.05) is 0 Å². The maximum atomic E-state index is 11.9. The molecule has 82 valence electrons. The summed E-state index contributed by atoms with van der Waals surface area (Å²) in [5, 5.41) is 12.0. The zero-order valence-corrected chi connectivity index (χ0v) is 9.35. The number of aromatic nitrogens is 3. The Morgan fingerprint density at radius 1 is 1.62 bits per heavy atom. The highest BCUT2D eigenvalue weighted by atomic mass is 35.5. The highest BCUT2D eigenvalue weighted by molar-refractivity contribution is 6.22. The van der Waals surface area contributed by atoms with Gasteiger partial charge in [-0.3, -0.25) is 4.79 Å². The van der Waals surface area contributed by atoms with Crippen LogP contribution in [0.3, 0.4) is 0 Å². The Bertz CT molecular complexity index is 622. The Morgan fingerprint density at radius 2 is 2.38 bits per heavy atom. The van der Waals surface area contributed by atoms with Crippen LogP contribution in [0.5, 0.6) is 0 Å². The van der Waals surface area contributed by atoms with Crippen LogP contribution in [0.15, 0.2) is 23.3 Å². The van der Waals surface area contributed by atoms with E-state index in [2.05, 4.69) is 5.10 Å². The van der Waals surface area contributed by atoms with E-state index in [1.165, 1.54) is 9.08 Å². The second-order valence-corrected chi connectivity index (χ2v) is 3.99. The maximum Gasteiger partial charge on any atom is 0.276 e. The van der Waals surface area contributed by atoms with E-state index >= 15 is 0 Å². The van der Waals surface area contributed by atoms with Crippen molar-refractivity contribution in [1.29, 1.82) is 5.26 Å². The smallest absolute Gasteiger partial charge is 0.276 e. The van der Waals surface area contributed by atoms with E-state index < -0.39 is 5.38 Å². The molecule has 5 nitrogen and oxygen atoms in total. The van der Waals surface area contributed by atoms with Crippen LogP contribution >= 0.6 is 11.6 Å². The molecular weight excluding hydrogens is 228 g/mol. The second-order valence-electron chi connectivity index (χ2n) is 3.47. The van der Waals surface area contributed by atoms with Crippen molar-refractivity contribution in [3.8, 4) is 6.07 Å². The Labute approximate surface area is 96.5 Å². The first kappa shape index (κ1) is 10.7. The first-order valence-electron chi connectivity index (χ1n) is 4.71. The molecule has 0 aliphatic heterocycles. The van der Waals surface area contributed by atoms with Gasteiger partial charge in [0.1, 0.15) is 10.9 Å². The zero-order valence-electron chi connectivity index (χ0n) is 8.59. The first-order valence-corrected chi connectivity index (χ1v) is 5.14. The molecule has 0 radical (unpaired) electrons. The highest BCUT2D eigenvalue weighted by Gasteiger charge is 2.08. The Kier molecular flexibility index (Phi) is 2.67. The van der Waals surface area contributed by atoms with Gasteiger partial charge in [-0.05, 0) is 13.0 Å². The monoisotopic (exact) mass is 236 g/mol. The van der Waals surface area contributed by atoms with E-state index in [0.717, 1.165) is 5.69 Å². The van der Waals surface area contributed by atoms with Crippen LogP contribution in [0.1, 0.15) is 5.69 Å². The minimum Gasteiger partial charge on any atom is -0.310 e. The van der Waals surface area contributed by atoms with Crippen molar-refractivity contribution in [2.24, 2.45) is 0 Å². The molecule has 0 aromatic carbocycles. The van der Waals surface area contributed by atoms with Crippen molar-refractivity contribution in [2.45, 2.75) is 18.8 Å². The summed E-state index contributed by atoms with van der Waals surface area (Å²) in [5.74, 6) is 0. The van der Waals surface area contributed by atoms with E-state index in [9.17, 15) is 4.79 Å². The molecule has 1 atom stereocenters. The van der Waals surface area contributed by atoms with Gasteiger partial charge in [-0.15, -0.1) is 11.6 Å². The van der Waals surface area contributed by atoms with Crippen LogP contribution in [0.2, 0.25) is 0 Å². The van der Waals surface area contributed by atoms with Crippen molar-refractivity contribution in [3.63, 3.8) is 0 Å². The minimum atomic E-state index is -0.704. The number of hydrogen-bond acceptors (Lipinski definition) is 3. The number of halogens is 1. The normalized spacial score (nSPS) is 12.6. The largest absolute Gasteiger partial charge is 0.310 e. The van der Waals surface area contributed by atoms with Gasteiger partial charge in [-0.2, -0.15) is 10.4 Å². The predicted molar refractivity (Wildman–Crippen MR) is 59.4 cm³/mol. The SMILES string of the molecule is Cc1cc2c(=O)n(CC(Cl)C#N)ccn2n1. The summed E-state index contributed by atoms with van der Waals surface area (Å²) >= 11 is 5.68. The average molecular weight is 237 g/mol. The maximum absolute atomic E-state index is 11.9. The lowest BCUT2D eigenvalue weighted by Gasteiger charge is -2.05. The highest BCUT2D eigenvalue weighted by Crippen LogP contribution is 2.02. The third-order valence-corrected chi connectivity index (χ3v) is 2.46. The van der Waals surface area contributed by atoms with Gasteiger partial charge in [0.05, 0.1) is 18.3 Å². The van der Waals surface area contributed by atoms with Gasteiger partial charge in [-0.25, -0.2) is 4.52 Å². The van der Waals surface area contributed by atoms with Crippen LogP contribution in [-0.4, -0.2) is 19.6 Å². The molecule has 0 spiro atoms. The predicted octanol–water partition coefficient (Wildman–Crippen LogP) is 0.935. The molecule has 0 bridgehead atoms. The van der Waals surface area contributed by atoms with Gasteiger partial charge in [0.25, 0.3) is 5.56 Å². The molecule has 0 fully saturated rings. The van der Waals surface area contributed by atoms with Crippen molar-refractivity contribution in [2.75, 3.05) is 0 Å². The molecule has 0 aliphatic rings. The molecule has 2 heterocycles. The van der Waals surface area contributed by atoms with Crippen LogP contribution in [0, 0.1) is 18.3 Å². The molecule has 0 saturated heterocycles. The van der Waals surface area contributed by atoms with Gasteiger partial charge < -0.3 is 4.57 Å². The van der Waals surface area contributed by atoms with Gasteiger partial charge in [0, 0.05) is 12.4 Å². The number of alkyl halides is 1. The third-order valence-electron chi connectivity index (χ3n) is 2.22. The van der Waals surface area contributed by atoms with E-state index in [-0.39, 0.29) is 12.1 Å². The van der Waals surface area contributed by atoms with Crippen LogP contribution < -0.4 is 5.56 Å². The Morgan fingerprint density at radius 3 is 3.06 bits per heavy atom. The fraction of sp³-hybridized carbons (Fsp3) is 0.300. The number of hydrogen-bond donors (Lipinski definition) is 0. The summed E-state index contributed by atoms with van der Waals surface area (Å²) in [7, 11) is 0. The van der Waals surface area contributed by atoms with E-state index in [4.69, 9.17) is 16.9 Å². The molecular formula is C10H9ClN4O. The van der Waals surface area contributed by atoms with Crippen molar-refractivity contribution >= 4 is 17.1 Å². The topological polar surface area (TPSA) is 63.1 Å². The number of nitrogens with zero attached hydrogens (tertiary/aromatic N) is 4. The van der Waals surface area contributed by atoms with Crippen molar-refractivity contribution in [3.05, 3.63) is 34.5 Å². The van der Waals surface area contributed by atoms with E-state index in [1.807, 2.05) is 13.0 Å². The Balaban J connectivity index is 2.53. The lowest BCUT2D eigenvalue weighted by molar-refractivity contribution is 0.682. The Hall–Kier alpha value is -1.80. The lowest BCUT2D eigenvalue weighted by Crippen LogP contribution is -2.24. The first-order chi connectivity index (χ1) is 7.61. The summed E-state index contributed by atoms with van der Waals surface area (Å²) in [6.07, 6.45) is 3.25. The van der Waals surface area contributed by atoms with Crippen LogP contribution in [0.25, 0.3) is 5.52 Å². The fourth-order valence-electron chi connectivity index (χ4n) is 1.51. The van der Waals surface area contributed by atoms with Crippen molar-refractivity contribution < 1.29 is 0 Å². The van der Waals surface area contributed by atoms with Crippen molar-refractivity contribution in [1.82, 2.24) is 14.2 Å². The lowest BCUT2D eigenvalue weighted by atomic mass is 10.4. The molecule has 0 saturated carbocycles. The second kappa shape index (κ2) is 3.99. The number of aryl methyl sites for hydroxylation is 1. The third kappa shape index (κ3) is 1.79. The summed E-state index contributed by atoms with van der Waals surface area (Å²) in [4.78, 5) is 11.9. The summed E-state index contributed by atoms with van der Waals surface area (Å²) in [5.41, 5.74) is 1.07. The van der Waals surface area contributed by atoms with Crippen LogP contribution in [-0.2, 0) is 6.54 Å².